The van der Waals surface area contributed by atoms with Crippen molar-refractivity contribution < 1.29 is 0 Å². The number of aromatic nitrogens is 3. The number of benzene rings is 1. The van der Waals surface area contributed by atoms with E-state index >= 15 is 0 Å². The van der Waals surface area contributed by atoms with Crippen molar-refractivity contribution in [2.75, 3.05) is 0 Å². The molecule has 0 aliphatic rings. The maximum absolute atomic E-state index is 8.87. The van der Waals surface area contributed by atoms with E-state index in [0.29, 0.717) is 11.6 Å². The average Bonchev–Trinajstić information content (AvgIpc) is 2.97. The van der Waals surface area contributed by atoms with Crippen LogP contribution >= 0.6 is 0 Å². The van der Waals surface area contributed by atoms with E-state index in [2.05, 4.69) is 60.4 Å². The molecule has 0 bridgehead atoms. The molecule has 1 N–H and O–H groups in total. The summed E-state index contributed by atoms with van der Waals surface area (Å²) in [6.45, 7) is 9.59. The molecule has 1 aromatic carbocycles. The molecule has 0 unspecified atom stereocenters. The molecule has 0 radical (unpaired) electrons. The van der Waals surface area contributed by atoms with Crippen LogP contribution < -0.4 is 0 Å². The molecular weight excluding hydrogens is 308 g/mol. The average molecular weight is 334 g/mol. The largest absolute Gasteiger partial charge is 0.344 e. The molecule has 0 atom stereocenters. The van der Waals surface area contributed by atoms with E-state index in [0.717, 1.165) is 41.7 Å². The van der Waals surface area contributed by atoms with Crippen LogP contribution in [0.4, 0.5) is 0 Å². The summed E-state index contributed by atoms with van der Waals surface area (Å²) < 4.78 is 2.16. The molecule has 0 aliphatic heterocycles. The van der Waals surface area contributed by atoms with Gasteiger partial charge in [0, 0.05) is 18.3 Å². The predicted molar refractivity (Wildman–Crippen MR) is 103 cm³/mol. The highest BCUT2D eigenvalue weighted by Gasteiger charge is 2.17. The van der Waals surface area contributed by atoms with Gasteiger partial charge in [-0.1, -0.05) is 44.5 Å². The zero-order valence-corrected chi connectivity index (χ0v) is 15.5. The molecule has 0 spiro atoms. The van der Waals surface area contributed by atoms with Gasteiger partial charge in [-0.25, -0.2) is 9.97 Å². The van der Waals surface area contributed by atoms with E-state index in [9.17, 15) is 0 Å². The lowest BCUT2D eigenvalue weighted by atomic mass is 9.92. The van der Waals surface area contributed by atoms with Gasteiger partial charge in [-0.15, -0.1) is 0 Å². The molecule has 0 fully saturated rings. The smallest absolute Gasteiger partial charge is 0.117 e. The summed E-state index contributed by atoms with van der Waals surface area (Å²) >= 11 is 0. The SMILES string of the molecule is CCCn1ccc2ncnc(C(=N)c3ccc(C)cc3CC(C)C)c21. The Morgan fingerprint density at radius 2 is 2.00 bits per heavy atom. The van der Waals surface area contributed by atoms with Gasteiger partial charge in [-0.05, 0) is 37.3 Å². The van der Waals surface area contributed by atoms with E-state index in [1.165, 1.54) is 11.1 Å². The Hall–Kier alpha value is -2.49. The predicted octanol–water partition coefficient (Wildman–Crippen LogP) is 4.76. The first-order valence-corrected chi connectivity index (χ1v) is 9.00. The van der Waals surface area contributed by atoms with Crippen molar-refractivity contribution in [1.29, 1.82) is 5.41 Å². The third-order valence-corrected chi connectivity index (χ3v) is 4.41. The Kier molecular flexibility index (Phi) is 4.98. The van der Waals surface area contributed by atoms with Crippen LogP contribution in [0.15, 0.2) is 36.8 Å². The second kappa shape index (κ2) is 7.18. The Balaban J connectivity index is 2.13. The van der Waals surface area contributed by atoms with Crippen LogP contribution in [0.3, 0.4) is 0 Å². The summed E-state index contributed by atoms with van der Waals surface area (Å²) in [5.41, 5.74) is 6.50. The highest BCUT2D eigenvalue weighted by Crippen LogP contribution is 2.23. The number of aryl methyl sites for hydroxylation is 2. The Morgan fingerprint density at radius 3 is 2.72 bits per heavy atom. The van der Waals surface area contributed by atoms with Gasteiger partial charge in [-0.2, -0.15) is 0 Å². The number of rotatable bonds is 6. The number of nitrogens with one attached hydrogen (secondary N) is 1. The third-order valence-electron chi connectivity index (χ3n) is 4.41. The first-order valence-electron chi connectivity index (χ1n) is 9.00. The van der Waals surface area contributed by atoms with E-state index in [-0.39, 0.29) is 0 Å². The van der Waals surface area contributed by atoms with Crippen molar-refractivity contribution in [3.8, 4) is 0 Å². The fraction of sp³-hybridized carbons (Fsp3) is 0.381. The van der Waals surface area contributed by atoms with Crippen LogP contribution in [-0.2, 0) is 13.0 Å². The molecule has 0 saturated carbocycles. The van der Waals surface area contributed by atoms with Crippen LogP contribution in [0, 0.1) is 18.3 Å². The van der Waals surface area contributed by atoms with Gasteiger partial charge in [-0.3, -0.25) is 5.41 Å². The summed E-state index contributed by atoms with van der Waals surface area (Å²) in [7, 11) is 0. The van der Waals surface area contributed by atoms with Gasteiger partial charge < -0.3 is 4.57 Å². The van der Waals surface area contributed by atoms with Crippen LogP contribution in [-0.4, -0.2) is 20.2 Å². The molecule has 0 saturated heterocycles. The molecular formula is C21H26N4. The molecule has 3 rings (SSSR count). The Morgan fingerprint density at radius 1 is 1.20 bits per heavy atom. The first-order chi connectivity index (χ1) is 12.0. The van der Waals surface area contributed by atoms with Crippen LogP contribution in [0.1, 0.15) is 49.6 Å². The van der Waals surface area contributed by atoms with Gasteiger partial charge in [0.25, 0.3) is 0 Å². The summed E-state index contributed by atoms with van der Waals surface area (Å²) in [6, 6.07) is 8.36. The van der Waals surface area contributed by atoms with Crippen LogP contribution in [0.5, 0.6) is 0 Å². The van der Waals surface area contributed by atoms with Crippen LogP contribution in [0.2, 0.25) is 0 Å². The maximum Gasteiger partial charge on any atom is 0.117 e. The first kappa shape index (κ1) is 17.3. The van der Waals surface area contributed by atoms with Crippen molar-refractivity contribution in [1.82, 2.24) is 14.5 Å². The van der Waals surface area contributed by atoms with Gasteiger partial charge >= 0.3 is 0 Å². The topological polar surface area (TPSA) is 54.6 Å². The Labute approximate surface area is 149 Å². The molecule has 3 aromatic rings. The molecule has 0 amide bonds. The van der Waals surface area contributed by atoms with E-state index in [1.807, 2.05) is 12.3 Å². The highest BCUT2D eigenvalue weighted by atomic mass is 15.0. The van der Waals surface area contributed by atoms with Gasteiger partial charge in [0.2, 0.25) is 0 Å². The molecule has 0 aliphatic carbocycles. The zero-order valence-electron chi connectivity index (χ0n) is 15.5. The van der Waals surface area contributed by atoms with Crippen molar-refractivity contribution in [2.24, 2.45) is 5.92 Å². The summed E-state index contributed by atoms with van der Waals surface area (Å²) in [5.74, 6) is 0.544. The standard InChI is InChI=1S/C21H26N4/c1-5-9-25-10-8-18-21(25)20(24-13-23-18)19(22)17-7-6-15(4)12-16(17)11-14(2)3/h6-8,10,12-14,22H,5,9,11H2,1-4H3. The number of hydrogen-bond donors (Lipinski definition) is 1. The fourth-order valence-corrected chi connectivity index (χ4v) is 3.35. The van der Waals surface area contributed by atoms with E-state index in [4.69, 9.17) is 5.41 Å². The molecule has 25 heavy (non-hydrogen) atoms. The molecule has 4 nitrogen and oxygen atoms in total. The molecule has 2 heterocycles. The minimum atomic E-state index is 0.485. The number of fused-ring (bicyclic) bond motifs is 1. The lowest BCUT2D eigenvalue weighted by Crippen LogP contribution is -2.12. The van der Waals surface area contributed by atoms with Crippen LogP contribution in [0.25, 0.3) is 11.0 Å². The van der Waals surface area contributed by atoms with Crippen molar-refractivity contribution in [3.63, 3.8) is 0 Å². The van der Waals surface area contributed by atoms with Crippen molar-refractivity contribution >= 4 is 16.7 Å². The lowest BCUT2D eigenvalue weighted by molar-refractivity contribution is 0.646. The maximum atomic E-state index is 8.87. The lowest BCUT2D eigenvalue weighted by Gasteiger charge is -2.15. The van der Waals surface area contributed by atoms with Gasteiger partial charge in [0.05, 0.1) is 16.7 Å². The molecule has 2 aromatic heterocycles. The van der Waals surface area contributed by atoms with Gasteiger partial charge in [0.1, 0.15) is 12.0 Å². The Bertz CT molecular complexity index is 905. The van der Waals surface area contributed by atoms with Gasteiger partial charge in [0.15, 0.2) is 0 Å². The minimum absolute atomic E-state index is 0.485. The molecule has 130 valence electrons. The minimum Gasteiger partial charge on any atom is -0.344 e. The van der Waals surface area contributed by atoms with E-state index < -0.39 is 0 Å². The monoisotopic (exact) mass is 334 g/mol. The summed E-state index contributed by atoms with van der Waals surface area (Å²) in [5, 5.41) is 8.87. The normalized spacial score (nSPS) is 11.4. The second-order valence-electron chi connectivity index (χ2n) is 7.10. The molecule has 4 heteroatoms. The number of nitrogens with zero attached hydrogens (tertiary/aromatic N) is 3. The quantitative estimate of drug-likeness (QED) is 0.661. The fourth-order valence-electron chi connectivity index (χ4n) is 3.35. The third kappa shape index (κ3) is 3.48. The zero-order chi connectivity index (χ0) is 18.0. The van der Waals surface area contributed by atoms with E-state index in [1.54, 1.807) is 6.33 Å². The summed E-state index contributed by atoms with van der Waals surface area (Å²) in [6.07, 6.45) is 5.61. The van der Waals surface area contributed by atoms with Crippen molar-refractivity contribution in [2.45, 2.75) is 47.1 Å². The highest BCUT2D eigenvalue weighted by molar-refractivity contribution is 6.16. The second-order valence-corrected chi connectivity index (χ2v) is 7.10. The summed E-state index contributed by atoms with van der Waals surface area (Å²) in [4.78, 5) is 8.86. The van der Waals surface area contributed by atoms with Crippen molar-refractivity contribution in [3.05, 3.63) is 59.2 Å². The number of hydrogen-bond acceptors (Lipinski definition) is 3.